The monoisotopic (exact) mass is 253 g/mol. The maximum Gasteiger partial charge on any atom is 0.0587 e. The molecule has 1 aromatic heterocycles. The third-order valence-corrected chi connectivity index (χ3v) is 4.15. The van der Waals surface area contributed by atoms with Gasteiger partial charge >= 0.3 is 0 Å². The van der Waals surface area contributed by atoms with Crippen LogP contribution in [0.15, 0.2) is 17.5 Å². The van der Waals surface area contributed by atoms with Crippen molar-refractivity contribution in [1.29, 1.82) is 0 Å². The van der Waals surface area contributed by atoms with Gasteiger partial charge in [0.05, 0.1) is 6.10 Å². The van der Waals surface area contributed by atoms with Gasteiger partial charge in [-0.15, -0.1) is 11.3 Å². The fraction of sp³-hybridized carbons (Fsp3) is 0.714. The van der Waals surface area contributed by atoms with Crippen LogP contribution in [-0.4, -0.2) is 30.7 Å². The Morgan fingerprint density at radius 3 is 3.12 bits per heavy atom. The van der Waals surface area contributed by atoms with Crippen LogP contribution in [0.4, 0.5) is 0 Å². The minimum absolute atomic E-state index is 0.503. The van der Waals surface area contributed by atoms with Crippen LogP contribution >= 0.6 is 11.3 Å². The van der Waals surface area contributed by atoms with Crippen molar-refractivity contribution in [1.82, 2.24) is 4.90 Å². The fourth-order valence-electron chi connectivity index (χ4n) is 2.36. The van der Waals surface area contributed by atoms with Gasteiger partial charge in [-0.2, -0.15) is 0 Å². The molecular weight excluding hydrogens is 230 g/mol. The molecular formula is C14H23NOS. The zero-order valence-electron chi connectivity index (χ0n) is 10.7. The number of ether oxygens (including phenoxy) is 1. The molecule has 3 heteroatoms. The predicted octanol–water partition coefficient (Wildman–Crippen LogP) is 3.53. The Balaban J connectivity index is 1.75. The molecule has 0 bridgehead atoms. The largest absolute Gasteiger partial charge is 0.378 e. The van der Waals surface area contributed by atoms with Crippen molar-refractivity contribution < 1.29 is 4.74 Å². The van der Waals surface area contributed by atoms with Crippen molar-refractivity contribution in [2.75, 3.05) is 19.7 Å². The molecule has 1 aromatic rings. The van der Waals surface area contributed by atoms with Crippen LogP contribution in [0.3, 0.4) is 0 Å². The van der Waals surface area contributed by atoms with Gasteiger partial charge in [0.1, 0.15) is 0 Å². The lowest BCUT2D eigenvalue weighted by Crippen LogP contribution is -2.24. The SMILES string of the molecule is CCCO[C@@H]1CCCN(Cc2cccs2)CC1. The van der Waals surface area contributed by atoms with Crippen molar-refractivity contribution in [2.24, 2.45) is 0 Å². The van der Waals surface area contributed by atoms with E-state index in [1.807, 2.05) is 11.3 Å². The lowest BCUT2D eigenvalue weighted by atomic mass is 10.2. The Kier molecular flexibility index (Phi) is 5.49. The average molecular weight is 253 g/mol. The van der Waals surface area contributed by atoms with Gasteiger partial charge in [0.2, 0.25) is 0 Å². The highest BCUT2D eigenvalue weighted by atomic mass is 32.1. The Morgan fingerprint density at radius 2 is 2.35 bits per heavy atom. The summed E-state index contributed by atoms with van der Waals surface area (Å²) in [6, 6.07) is 4.38. The Hall–Kier alpha value is -0.380. The summed E-state index contributed by atoms with van der Waals surface area (Å²) in [6.45, 7) is 6.64. The van der Waals surface area contributed by atoms with E-state index < -0.39 is 0 Å². The molecule has 17 heavy (non-hydrogen) atoms. The fourth-order valence-corrected chi connectivity index (χ4v) is 3.10. The number of rotatable bonds is 5. The van der Waals surface area contributed by atoms with Crippen LogP contribution in [0, 0.1) is 0 Å². The Bertz CT molecular complexity index is 299. The summed E-state index contributed by atoms with van der Waals surface area (Å²) in [6.07, 6.45) is 5.35. The lowest BCUT2D eigenvalue weighted by Gasteiger charge is -2.19. The first-order chi connectivity index (χ1) is 8.38. The van der Waals surface area contributed by atoms with Gasteiger partial charge in [-0.25, -0.2) is 0 Å². The molecule has 1 aliphatic rings. The van der Waals surface area contributed by atoms with Crippen LogP contribution in [-0.2, 0) is 11.3 Å². The van der Waals surface area contributed by atoms with E-state index >= 15 is 0 Å². The minimum Gasteiger partial charge on any atom is -0.378 e. The maximum atomic E-state index is 5.87. The first kappa shape index (κ1) is 13.1. The van der Waals surface area contributed by atoms with Gasteiger partial charge in [0.15, 0.2) is 0 Å². The van der Waals surface area contributed by atoms with Gasteiger partial charge < -0.3 is 4.74 Å². The van der Waals surface area contributed by atoms with E-state index in [0.29, 0.717) is 6.10 Å². The second kappa shape index (κ2) is 7.14. The van der Waals surface area contributed by atoms with E-state index in [-0.39, 0.29) is 0 Å². The van der Waals surface area contributed by atoms with Crippen LogP contribution in [0.1, 0.15) is 37.5 Å². The number of hydrogen-bond donors (Lipinski definition) is 0. The first-order valence-electron chi connectivity index (χ1n) is 6.75. The molecule has 0 radical (unpaired) electrons. The third-order valence-electron chi connectivity index (χ3n) is 3.28. The summed E-state index contributed by atoms with van der Waals surface area (Å²) in [4.78, 5) is 4.05. The molecule has 0 aliphatic carbocycles. The summed E-state index contributed by atoms with van der Waals surface area (Å²) < 4.78 is 5.87. The van der Waals surface area contributed by atoms with Crippen LogP contribution < -0.4 is 0 Å². The number of hydrogen-bond acceptors (Lipinski definition) is 3. The van der Waals surface area contributed by atoms with Gasteiger partial charge in [-0.1, -0.05) is 13.0 Å². The molecule has 0 N–H and O–H groups in total. The molecule has 0 saturated carbocycles. The molecule has 1 atom stereocenters. The molecule has 96 valence electrons. The van der Waals surface area contributed by atoms with E-state index in [4.69, 9.17) is 4.74 Å². The van der Waals surface area contributed by atoms with Crippen LogP contribution in [0.5, 0.6) is 0 Å². The molecule has 2 rings (SSSR count). The minimum atomic E-state index is 0.503. The third kappa shape index (κ3) is 4.41. The van der Waals surface area contributed by atoms with Crippen LogP contribution in [0.2, 0.25) is 0 Å². The topological polar surface area (TPSA) is 12.5 Å². The molecule has 2 heterocycles. The number of thiophene rings is 1. The smallest absolute Gasteiger partial charge is 0.0587 e. The Labute approximate surface area is 109 Å². The highest BCUT2D eigenvalue weighted by Crippen LogP contribution is 2.18. The molecule has 0 spiro atoms. The summed E-state index contributed by atoms with van der Waals surface area (Å²) in [7, 11) is 0. The number of likely N-dealkylation sites (tertiary alicyclic amines) is 1. The molecule has 1 saturated heterocycles. The first-order valence-corrected chi connectivity index (χ1v) is 7.63. The van der Waals surface area contributed by atoms with Crippen molar-refractivity contribution in [2.45, 2.75) is 45.3 Å². The zero-order valence-corrected chi connectivity index (χ0v) is 11.5. The van der Waals surface area contributed by atoms with Crippen LogP contribution in [0.25, 0.3) is 0 Å². The molecule has 0 amide bonds. The lowest BCUT2D eigenvalue weighted by molar-refractivity contribution is 0.0437. The number of nitrogens with zero attached hydrogens (tertiary/aromatic N) is 1. The average Bonchev–Trinajstić information content (AvgIpc) is 2.74. The summed E-state index contributed by atoms with van der Waals surface area (Å²) in [5.74, 6) is 0. The predicted molar refractivity (Wildman–Crippen MR) is 73.5 cm³/mol. The van der Waals surface area contributed by atoms with E-state index in [9.17, 15) is 0 Å². The molecule has 0 aromatic carbocycles. The van der Waals surface area contributed by atoms with Gasteiger partial charge in [0.25, 0.3) is 0 Å². The molecule has 1 aliphatic heterocycles. The second-order valence-electron chi connectivity index (χ2n) is 4.78. The van der Waals surface area contributed by atoms with Crippen molar-refractivity contribution >= 4 is 11.3 Å². The highest BCUT2D eigenvalue weighted by Gasteiger charge is 2.17. The van der Waals surface area contributed by atoms with Crippen molar-refractivity contribution in [3.63, 3.8) is 0 Å². The summed E-state index contributed by atoms with van der Waals surface area (Å²) in [5, 5.41) is 2.17. The maximum absolute atomic E-state index is 5.87. The molecule has 1 fully saturated rings. The second-order valence-corrected chi connectivity index (χ2v) is 5.81. The zero-order chi connectivity index (χ0) is 11.9. The normalized spacial score (nSPS) is 22.5. The quantitative estimate of drug-likeness (QED) is 0.796. The van der Waals surface area contributed by atoms with Gasteiger partial charge in [-0.05, 0) is 43.7 Å². The summed E-state index contributed by atoms with van der Waals surface area (Å²) >= 11 is 1.87. The van der Waals surface area contributed by atoms with E-state index in [1.54, 1.807) is 0 Å². The highest BCUT2D eigenvalue weighted by molar-refractivity contribution is 7.09. The standard InChI is InChI=1S/C14H23NOS/c1-2-10-16-13-5-3-8-15(9-7-13)12-14-6-4-11-17-14/h4,6,11,13H,2-3,5,7-10,12H2,1H3/t13-/m1/s1. The van der Waals surface area contributed by atoms with Crippen molar-refractivity contribution in [3.05, 3.63) is 22.4 Å². The molecule has 0 unspecified atom stereocenters. The van der Waals surface area contributed by atoms with E-state index in [2.05, 4.69) is 29.3 Å². The summed E-state index contributed by atoms with van der Waals surface area (Å²) in [5.41, 5.74) is 0. The van der Waals surface area contributed by atoms with Gasteiger partial charge in [-0.3, -0.25) is 4.90 Å². The van der Waals surface area contributed by atoms with E-state index in [1.165, 1.54) is 37.2 Å². The molecule has 2 nitrogen and oxygen atoms in total. The van der Waals surface area contributed by atoms with Gasteiger partial charge in [0, 0.05) is 24.6 Å². The van der Waals surface area contributed by atoms with Crippen molar-refractivity contribution in [3.8, 4) is 0 Å². The van der Waals surface area contributed by atoms with E-state index in [0.717, 1.165) is 19.6 Å². The Morgan fingerprint density at radius 1 is 1.41 bits per heavy atom.